The average molecular weight is 263 g/mol. The minimum absolute atomic E-state index is 0.0359. The van der Waals surface area contributed by atoms with Crippen LogP contribution >= 0.6 is 27.3 Å². The molecule has 1 atom stereocenters. The third kappa shape index (κ3) is 2.53. The first-order chi connectivity index (χ1) is 5.97. The van der Waals surface area contributed by atoms with Gasteiger partial charge in [-0.3, -0.25) is 0 Å². The Morgan fingerprint density at radius 2 is 2.15 bits per heavy atom. The van der Waals surface area contributed by atoms with Gasteiger partial charge in [0.05, 0.1) is 9.83 Å². The van der Waals surface area contributed by atoms with E-state index < -0.39 is 0 Å². The molecule has 1 aromatic rings. The Morgan fingerprint density at radius 1 is 1.54 bits per heavy atom. The van der Waals surface area contributed by atoms with Crippen LogP contribution in [0.25, 0.3) is 0 Å². The van der Waals surface area contributed by atoms with Crippen LogP contribution in [0.4, 0.5) is 0 Å². The summed E-state index contributed by atoms with van der Waals surface area (Å²) in [6.07, 6.45) is 0. The molecule has 1 aromatic heterocycles. The van der Waals surface area contributed by atoms with Crippen molar-refractivity contribution in [2.45, 2.75) is 25.4 Å². The molecule has 0 saturated heterocycles. The Hall–Kier alpha value is 0.1000. The first-order valence-corrected chi connectivity index (χ1v) is 5.78. The minimum Gasteiger partial charge on any atom is -0.322 e. The van der Waals surface area contributed by atoms with Gasteiger partial charge < -0.3 is 11.1 Å². The van der Waals surface area contributed by atoms with Gasteiger partial charge in [0.1, 0.15) is 0 Å². The molecule has 74 valence electrons. The fourth-order valence-corrected chi connectivity index (χ4v) is 2.62. The van der Waals surface area contributed by atoms with Crippen molar-refractivity contribution < 1.29 is 0 Å². The van der Waals surface area contributed by atoms with Gasteiger partial charge in [-0.15, -0.1) is 11.3 Å². The van der Waals surface area contributed by atoms with Crippen molar-refractivity contribution in [2.75, 3.05) is 7.05 Å². The molecule has 1 rings (SSSR count). The highest BCUT2D eigenvalue weighted by Gasteiger charge is 2.26. The summed E-state index contributed by atoms with van der Waals surface area (Å²) in [5.74, 6) is 0. The molecule has 0 amide bonds. The number of rotatable bonds is 3. The standard InChI is InChI=1S/C9H15BrN2S/c1-9(2,12-3)8(11)6-4-5-7(10)13-6/h4-5,8,12H,11H2,1-3H3. The molecule has 0 spiro atoms. The van der Waals surface area contributed by atoms with E-state index in [1.54, 1.807) is 11.3 Å². The fourth-order valence-electron chi connectivity index (χ4n) is 1.01. The van der Waals surface area contributed by atoms with E-state index in [-0.39, 0.29) is 11.6 Å². The van der Waals surface area contributed by atoms with Gasteiger partial charge in [-0.25, -0.2) is 0 Å². The van der Waals surface area contributed by atoms with E-state index >= 15 is 0 Å². The van der Waals surface area contributed by atoms with Gasteiger partial charge in [-0.1, -0.05) is 0 Å². The number of hydrogen-bond acceptors (Lipinski definition) is 3. The zero-order valence-electron chi connectivity index (χ0n) is 8.10. The minimum atomic E-state index is -0.0652. The molecular weight excluding hydrogens is 248 g/mol. The Balaban J connectivity index is 2.84. The molecule has 0 aromatic carbocycles. The third-order valence-corrected chi connectivity index (χ3v) is 4.03. The topological polar surface area (TPSA) is 38.0 Å². The zero-order valence-corrected chi connectivity index (χ0v) is 10.5. The van der Waals surface area contributed by atoms with E-state index in [0.717, 1.165) is 3.79 Å². The van der Waals surface area contributed by atoms with Gasteiger partial charge in [0.15, 0.2) is 0 Å². The zero-order chi connectivity index (χ0) is 10.1. The summed E-state index contributed by atoms with van der Waals surface area (Å²) in [5.41, 5.74) is 6.06. The summed E-state index contributed by atoms with van der Waals surface area (Å²) in [7, 11) is 1.93. The summed E-state index contributed by atoms with van der Waals surface area (Å²) in [4.78, 5) is 1.20. The molecule has 0 aliphatic heterocycles. The predicted molar refractivity (Wildman–Crippen MR) is 62.1 cm³/mol. The van der Waals surface area contributed by atoms with Crippen LogP contribution in [-0.4, -0.2) is 12.6 Å². The van der Waals surface area contributed by atoms with Crippen molar-refractivity contribution in [1.82, 2.24) is 5.32 Å². The molecule has 4 heteroatoms. The summed E-state index contributed by atoms with van der Waals surface area (Å²) < 4.78 is 1.13. The molecule has 1 unspecified atom stereocenters. The van der Waals surface area contributed by atoms with Gasteiger partial charge in [0.25, 0.3) is 0 Å². The smallest absolute Gasteiger partial charge is 0.0702 e. The van der Waals surface area contributed by atoms with Crippen LogP contribution in [0.5, 0.6) is 0 Å². The maximum Gasteiger partial charge on any atom is 0.0702 e. The van der Waals surface area contributed by atoms with E-state index in [9.17, 15) is 0 Å². The number of halogens is 1. The fraction of sp³-hybridized carbons (Fsp3) is 0.556. The lowest BCUT2D eigenvalue weighted by Gasteiger charge is -2.30. The van der Waals surface area contributed by atoms with Crippen LogP contribution in [0.3, 0.4) is 0 Å². The second kappa shape index (κ2) is 4.09. The molecular formula is C9H15BrN2S. The van der Waals surface area contributed by atoms with E-state index in [4.69, 9.17) is 5.73 Å². The van der Waals surface area contributed by atoms with Crippen LogP contribution in [-0.2, 0) is 0 Å². The first-order valence-electron chi connectivity index (χ1n) is 4.17. The normalized spacial score (nSPS) is 14.5. The molecule has 0 fully saturated rings. The average Bonchev–Trinajstić information content (AvgIpc) is 2.50. The molecule has 0 aliphatic rings. The van der Waals surface area contributed by atoms with Gasteiger partial charge in [0, 0.05) is 10.4 Å². The molecule has 2 nitrogen and oxygen atoms in total. The molecule has 3 N–H and O–H groups in total. The SMILES string of the molecule is CNC(C)(C)C(N)c1ccc(Br)s1. The maximum atomic E-state index is 6.12. The van der Waals surface area contributed by atoms with Gasteiger partial charge in [-0.05, 0) is 49.0 Å². The Bertz CT molecular complexity index is 283. The van der Waals surface area contributed by atoms with Gasteiger partial charge >= 0.3 is 0 Å². The lowest BCUT2D eigenvalue weighted by Crippen LogP contribution is -2.45. The summed E-state index contributed by atoms with van der Waals surface area (Å²) in [6, 6.07) is 4.14. The van der Waals surface area contributed by atoms with Crippen LogP contribution < -0.4 is 11.1 Å². The Kier molecular flexibility index (Phi) is 3.51. The predicted octanol–water partition coefficient (Wildman–Crippen LogP) is 2.51. The highest BCUT2D eigenvalue weighted by Crippen LogP contribution is 2.31. The van der Waals surface area contributed by atoms with E-state index in [0.29, 0.717) is 0 Å². The van der Waals surface area contributed by atoms with Crippen molar-refractivity contribution in [3.05, 3.63) is 20.8 Å². The molecule has 0 saturated carbocycles. The van der Waals surface area contributed by atoms with E-state index in [2.05, 4.69) is 41.2 Å². The van der Waals surface area contributed by atoms with E-state index in [1.807, 2.05) is 13.1 Å². The highest BCUT2D eigenvalue weighted by molar-refractivity contribution is 9.11. The summed E-state index contributed by atoms with van der Waals surface area (Å²) >= 11 is 5.12. The van der Waals surface area contributed by atoms with Crippen molar-refractivity contribution in [3.8, 4) is 0 Å². The van der Waals surface area contributed by atoms with Crippen LogP contribution in [0.15, 0.2) is 15.9 Å². The lowest BCUT2D eigenvalue weighted by atomic mass is 9.94. The number of nitrogens with two attached hydrogens (primary N) is 1. The third-order valence-electron chi connectivity index (χ3n) is 2.32. The van der Waals surface area contributed by atoms with Crippen LogP contribution in [0.2, 0.25) is 0 Å². The van der Waals surface area contributed by atoms with Crippen LogP contribution in [0.1, 0.15) is 24.8 Å². The second-order valence-corrected chi connectivity index (χ2v) is 6.09. The van der Waals surface area contributed by atoms with Gasteiger partial charge in [-0.2, -0.15) is 0 Å². The molecule has 0 aliphatic carbocycles. The summed E-state index contributed by atoms with van der Waals surface area (Å²) in [5, 5.41) is 3.22. The maximum absolute atomic E-state index is 6.12. The van der Waals surface area contributed by atoms with Crippen molar-refractivity contribution >= 4 is 27.3 Å². The Morgan fingerprint density at radius 3 is 2.54 bits per heavy atom. The molecule has 13 heavy (non-hydrogen) atoms. The number of nitrogens with one attached hydrogen (secondary N) is 1. The van der Waals surface area contributed by atoms with Crippen molar-refractivity contribution in [2.24, 2.45) is 5.73 Å². The monoisotopic (exact) mass is 262 g/mol. The lowest BCUT2D eigenvalue weighted by molar-refractivity contribution is 0.352. The number of thiophene rings is 1. The van der Waals surface area contributed by atoms with Gasteiger partial charge in [0.2, 0.25) is 0 Å². The number of likely N-dealkylation sites (N-methyl/N-ethyl adjacent to an activating group) is 1. The van der Waals surface area contributed by atoms with Crippen LogP contribution in [0, 0.1) is 0 Å². The Labute approximate surface area is 91.7 Å². The molecule has 0 bridgehead atoms. The van der Waals surface area contributed by atoms with Crippen molar-refractivity contribution in [3.63, 3.8) is 0 Å². The highest BCUT2D eigenvalue weighted by atomic mass is 79.9. The quantitative estimate of drug-likeness (QED) is 0.879. The largest absolute Gasteiger partial charge is 0.322 e. The van der Waals surface area contributed by atoms with Crippen molar-refractivity contribution in [1.29, 1.82) is 0 Å². The summed E-state index contributed by atoms with van der Waals surface area (Å²) in [6.45, 7) is 4.20. The van der Waals surface area contributed by atoms with E-state index in [1.165, 1.54) is 4.88 Å². The molecule has 1 heterocycles. The molecule has 0 radical (unpaired) electrons. The number of hydrogen-bond donors (Lipinski definition) is 2. The first kappa shape index (κ1) is 11.2. The second-order valence-electron chi connectivity index (χ2n) is 3.59.